The predicted octanol–water partition coefficient (Wildman–Crippen LogP) is 3.35. The van der Waals surface area contributed by atoms with Crippen LogP contribution in [-0.4, -0.2) is 77.9 Å². The van der Waals surface area contributed by atoms with Gasteiger partial charge in [0.05, 0.1) is 14.2 Å². The fraction of sp³-hybridized carbons (Fsp3) is 0.708. The van der Waals surface area contributed by atoms with Gasteiger partial charge in [-0.1, -0.05) is 19.3 Å². The molecule has 2 rings (SSSR count). The van der Waals surface area contributed by atoms with Crippen LogP contribution in [0.25, 0.3) is 0 Å². The molecule has 0 amide bonds. The van der Waals surface area contributed by atoms with Crippen molar-refractivity contribution >= 4 is 11.6 Å². The van der Waals surface area contributed by atoms with Crippen molar-refractivity contribution in [3.63, 3.8) is 0 Å². The smallest absolute Gasteiger partial charge is 0.191 e. The Balaban J connectivity index is 1.78. The van der Waals surface area contributed by atoms with Crippen LogP contribution in [0.4, 0.5) is 5.69 Å². The number of methoxy groups -OCH3 is 2. The number of ether oxygens (including phenoxy) is 2. The Morgan fingerprint density at radius 3 is 2.39 bits per heavy atom. The molecule has 0 saturated carbocycles. The van der Waals surface area contributed by atoms with Gasteiger partial charge in [0, 0.05) is 56.1 Å². The first-order valence-corrected chi connectivity index (χ1v) is 11.7. The van der Waals surface area contributed by atoms with Crippen LogP contribution in [0.3, 0.4) is 0 Å². The van der Waals surface area contributed by atoms with Gasteiger partial charge in [0.15, 0.2) is 5.96 Å². The second-order valence-electron chi connectivity index (χ2n) is 8.48. The molecule has 7 nitrogen and oxygen atoms in total. The SMILES string of the molecule is CCNC(=NCCCCCCCN(C)C)NC1CCN(c2cc(OC)cc(OC)c2)C1. The lowest BCUT2D eigenvalue weighted by Crippen LogP contribution is -2.44. The lowest BCUT2D eigenvalue weighted by atomic mass is 10.1. The number of nitrogens with zero attached hydrogens (tertiary/aromatic N) is 3. The van der Waals surface area contributed by atoms with Gasteiger partial charge in [-0.05, 0) is 46.8 Å². The summed E-state index contributed by atoms with van der Waals surface area (Å²) in [5.41, 5.74) is 1.14. The number of aliphatic imine (C=N–C) groups is 1. The summed E-state index contributed by atoms with van der Waals surface area (Å²) in [6.45, 7) is 7.00. The fourth-order valence-electron chi connectivity index (χ4n) is 3.86. The molecule has 0 aliphatic carbocycles. The maximum Gasteiger partial charge on any atom is 0.191 e. The third-order valence-corrected chi connectivity index (χ3v) is 5.61. The zero-order valence-corrected chi connectivity index (χ0v) is 20.2. The summed E-state index contributed by atoms with van der Waals surface area (Å²) < 4.78 is 10.8. The Morgan fingerprint density at radius 2 is 1.74 bits per heavy atom. The Morgan fingerprint density at radius 1 is 1.06 bits per heavy atom. The van der Waals surface area contributed by atoms with Crippen LogP contribution in [-0.2, 0) is 0 Å². The number of anilines is 1. The first-order valence-electron chi connectivity index (χ1n) is 11.7. The minimum atomic E-state index is 0.376. The minimum absolute atomic E-state index is 0.376. The normalized spacial score (nSPS) is 16.6. The van der Waals surface area contributed by atoms with Gasteiger partial charge >= 0.3 is 0 Å². The van der Waals surface area contributed by atoms with Crippen LogP contribution in [0.5, 0.6) is 11.5 Å². The van der Waals surface area contributed by atoms with E-state index in [1.807, 2.05) is 6.07 Å². The summed E-state index contributed by atoms with van der Waals surface area (Å²) in [6.07, 6.45) is 7.39. The average molecular weight is 434 g/mol. The van der Waals surface area contributed by atoms with Gasteiger partial charge < -0.3 is 29.9 Å². The molecule has 1 aliphatic heterocycles. The average Bonchev–Trinajstić information content (AvgIpc) is 3.23. The van der Waals surface area contributed by atoms with Crippen LogP contribution in [0.15, 0.2) is 23.2 Å². The molecule has 176 valence electrons. The van der Waals surface area contributed by atoms with Gasteiger partial charge in [-0.15, -0.1) is 0 Å². The first-order chi connectivity index (χ1) is 15.0. The van der Waals surface area contributed by atoms with E-state index in [9.17, 15) is 0 Å². The van der Waals surface area contributed by atoms with E-state index in [2.05, 4.69) is 53.6 Å². The van der Waals surface area contributed by atoms with E-state index in [-0.39, 0.29) is 0 Å². The van der Waals surface area contributed by atoms with Crippen molar-refractivity contribution in [1.29, 1.82) is 0 Å². The Hall–Kier alpha value is -2.15. The van der Waals surface area contributed by atoms with E-state index < -0.39 is 0 Å². The van der Waals surface area contributed by atoms with Crippen LogP contribution >= 0.6 is 0 Å². The topological polar surface area (TPSA) is 61.4 Å². The highest BCUT2D eigenvalue weighted by atomic mass is 16.5. The third-order valence-electron chi connectivity index (χ3n) is 5.61. The third kappa shape index (κ3) is 9.25. The van der Waals surface area contributed by atoms with E-state index in [0.29, 0.717) is 6.04 Å². The van der Waals surface area contributed by atoms with Crippen molar-refractivity contribution in [3.8, 4) is 11.5 Å². The summed E-state index contributed by atoms with van der Waals surface area (Å²) in [4.78, 5) is 9.44. The number of benzene rings is 1. The molecule has 1 heterocycles. The van der Waals surface area contributed by atoms with Gasteiger partial charge in [0.1, 0.15) is 11.5 Å². The molecule has 2 N–H and O–H groups in total. The molecule has 0 spiro atoms. The van der Waals surface area contributed by atoms with Crippen LogP contribution in [0, 0.1) is 0 Å². The largest absolute Gasteiger partial charge is 0.497 e. The minimum Gasteiger partial charge on any atom is -0.497 e. The molecule has 1 aliphatic rings. The van der Waals surface area contributed by atoms with Crippen molar-refractivity contribution < 1.29 is 9.47 Å². The van der Waals surface area contributed by atoms with Crippen LogP contribution in [0.2, 0.25) is 0 Å². The van der Waals surface area contributed by atoms with Crippen LogP contribution < -0.4 is 25.0 Å². The van der Waals surface area contributed by atoms with Gasteiger partial charge in [0.2, 0.25) is 0 Å². The van der Waals surface area contributed by atoms with Crippen LogP contribution in [0.1, 0.15) is 45.4 Å². The molecule has 1 unspecified atom stereocenters. The highest BCUT2D eigenvalue weighted by Crippen LogP contribution is 2.30. The lowest BCUT2D eigenvalue weighted by molar-refractivity contribution is 0.390. The standard InChI is InChI=1S/C24H43N5O2/c1-6-25-24(26-13-10-8-7-9-11-14-28(2)3)27-20-12-15-29(19-20)21-16-22(30-4)18-23(17-21)31-5/h16-18,20H,6-15,19H2,1-5H3,(H2,25,26,27). The first kappa shape index (κ1) is 25.1. The number of rotatable bonds is 13. The van der Waals surface area contributed by atoms with E-state index in [1.165, 1.54) is 32.2 Å². The van der Waals surface area contributed by atoms with Gasteiger partial charge in [-0.25, -0.2) is 0 Å². The zero-order valence-electron chi connectivity index (χ0n) is 20.2. The number of guanidine groups is 1. The Labute approximate surface area is 189 Å². The lowest BCUT2D eigenvalue weighted by Gasteiger charge is -2.21. The number of hydrogen-bond donors (Lipinski definition) is 2. The number of hydrogen-bond acceptors (Lipinski definition) is 5. The monoisotopic (exact) mass is 433 g/mol. The summed E-state index contributed by atoms with van der Waals surface area (Å²) >= 11 is 0. The van der Waals surface area contributed by atoms with Crippen molar-refractivity contribution in [2.45, 2.75) is 51.5 Å². The summed E-state index contributed by atoms with van der Waals surface area (Å²) in [7, 11) is 7.66. The molecule has 0 radical (unpaired) electrons. The van der Waals surface area contributed by atoms with E-state index in [0.717, 1.165) is 62.2 Å². The molecule has 7 heteroatoms. The molecule has 31 heavy (non-hydrogen) atoms. The fourth-order valence-corrected chi connectivity index (χ4v) is 3.86. The van der Waals surface area contributed by atoms with Gasteiger partial charge in [-0.2, -0.15) is 0 Å². The highest BCUT2D eigenvalue weighted by molar-refractivity contribution is 5.80. The Kier molecular flexibility index (Phi) is 11.4. The molecule has 0 aromatic heterocycles. The van der Waals surface area contributed by atoms with Gasteiger partial charge in [0.25, 0.3) is 0 Å². The molecule has 1 aromatic rings. The summed E-state index contributed by atoms with van der Waals surface area (Å²) in [5.74, 6) is 2.58. The van der Waals surface area contributed by atoms with Gasteiger partial charge in [-0.3, -0.25) is 4.99 Å². The molecule has 1 atom stereocenters. The number of nitrogens with one attached hydrogen (secondary N) is 2. The van der Waals surface area contributed by atoms with E-state index in [1.54, 1.807) is 14.2 Å². The molecule has 1 fully saturated rings. The van der Waals surface area contributed by atoms with Crippen molar-refractivity contribution in [2.24, 2.45) is 4.99 Å². The predicted molar refractivity (Wildman–Crippen MR) is 131 cm³/mol. The maximum atomic E-state index is 5.42. The van der Waals surface area contributed by atoms with E-state index >= 15 is 0 Å². The molecule has 1 aromatic carbocycles. The molecule has 1 saturated heterocycles. The van der Waals surface area contributed by atoms with Crippen molar-refractivity contribution in [1.82, 2.24) is 15.5 Å². The van der Waals surface area contributed by atoms with Crippen molar-refractivity contribution in [2.75, 3.05) is 65.9 Å². The summed E-state index contributed by atoms with van der Waals surface area (Å²) in [5, 5.41) is 7.03. The Bertz CT molecular complexity index is 643. The highest BCUT2D eigenvalue weighted by Gasteiger charge is 2.24. The molecular weight excluding hydrogens is 390 g/mol. The van der Waals surface area contributed by atoms with Crippen molar-refractivity contribution in [3.05, 3.63) is 18.2 Å². The second kappa shape index (κ2) is 14.0. The molecule has 0 bridgehead atoms. The maximum absolute atomic E-state index is 5.42. The number of unbranched alkanes of at least 4 members (excludes halogenated alkanes) is 4. The zero-order chi connectivity index (χ0) is 22.5. The molecular formula is C24H43N5O2. The van der Waals surface area contributed by atoms with E-state index in [4.69, 9.17) is 14.5 Å². The quantitative estimate of drug-likeness (QED) is 0.283. The second-order valence-corrected chi connectivity index (χ2v) is 8.48. The summed E-state index contributed by atoms with van der Waals surface area (Å²) in [6, 6.07) is 6.43.